The summed E-state index contributed by atoms with van der Waals surface area (Å²) >= 11 is 3.41. The number of hydrogen-bond donors (Lipinski definition) is 0. The lowest BCUT2D eigenvalue weighted by Gasteiger charge is -2.08. The van der Waals surface area contributed by atoms with Gasteiger partial charge in [0.1, 0.15) is 0 Å². The van der Waals surface area contributed by atoms with E-state index in [1.54, 1.807) is 7.11 Å². The number of benzene rings is 1. The minimum atomic E-state index is -0.720. The fourth-order valence-corrected chi connectivity index (χ4v) is 3.03. The van der Waals surface area contributed by atoms with Crippen molar-refractivity contribution in [1.82, 2.24) is 19.8 Å². The molecule has 0 amide bonds. The monoisotopic (exact) mass is 448 g/mol. The summed E-state index contributed by atoms with van der Waals surface area (Å²) in [6.45, 7) is 0.208. The Labute approximate surface area is 168 Å². The summed E-state index contributed by atoms with van der Waals surface area (Å²) in [5.41, 5.74) is 2.64. The van der Waals surface area contributed by atoms with E-state index in [-0.39, 0.29) is 24.4 Å². The van der Waals surface area contributed by atoms with Gasteiger partial charge in [-0.05, 0) is 17.7 Å². The smallest absolute Gasteiger partial charge is 0.360 e. The van der Waals surface area contributed by atoms with Crippen LogP contribution < -0.4 is 0 Å². The first kappa shape index (κ1) is 19.9. The van der Waals surface area contributed by atoms with Crippen LogP contribution >= 0.6 is 15.9 Å². The van der Waals surface area contributed by atoms with Crippen LogP contribution in [-0.2, 0) is 32.0 Å². The fourth-order valence-electron chi connectivity index (χ4n) is 2.76. The van der Waals surface area contributed by atoms with E-state index in [0.29, 0.717) is 16.9 Å². The predicted molar refractivity (Wildman–Crippen MR) is 102 cm³/mol. The van der Waals surface area contributed by atoms with Crippen molar-refractivity contribution in [3.8, 4) is 11.1 Å². The van der Waals surface area contributed by atoms with Crippen molar-refractivity contribution in [2.75, 3.05) is 21.3 Å². The highest BCUT2D eigenvalue weighted by Crippen LogP contribution is 2.30. The van der Waals surface area contributed by atoms with Gasteiger partial charge in [-0.1, -0.05) is 28.1 Å². The van der Waals surface area contributed by atoms with E-state index < -0.39 is 11.9 Å². The van der Waals surface area contributed by atoms with E-state index in [0.717, 1.165) is 10.0 Å². The second-order valence-corrected chi connectivity index (χ2v) is 6.65. The molecule has 0 radical (unpaired) electrons. The predicted octanol–water partition coefficient (Wildman–Crippen LogP) is 2.20. The molecule has 0 atom stereocenters. The number of halogens is 1. The number of hydrogen-bond acceptors (Lipinski definition) is 8. The summed E-state index contributed by atoms with van der Waals surface area (Å²) in [6, 6.07) is 7.58. The number of nitrogens with zero attached hydrogens (tertiary/aromatic N) is 4. The van der Waals surface area contributed by atoms with Gasteiger partial charge >= 0.3 is 11.9 Å². The van der Waals surface area contributed by atoms with Crippen molar-refractivity contribution < 1.29 is 23.8 Å². The van der Waals surface area contributed by atoms with Gasteiger partial charge in [0.2, 0.25) is 0 Å². The summed E-state index contributed by atoms with van der Waals surface area (Å²) in [5.74, 6) is -1.27. The van der Waals surface area contributed by atoms with E-state index in [2.05, 4.69) is 31.2 Å². The molecule has 0 aliphatic carbocycles. The molecular weight excluding hydrogens is 432 g/mol. The molecule has 0 saturated carbocycles. The van der Waals surface area contributed by atoms with Gasteiger partial charge in [-0.3, -0.25) is 4.79 Å². The van der Waals surface area contributed by atoms with E-state index in [9.17, 15) is 9.59 Å². The van der Waals surface area contributed by atoms with Crippen molar-refractivity contribution in [2.45, 2.75) is 13.0 Å². The van der Waals surface area contributed by atoms with Crippen LogP contribution in [0.25, 0.3) is 16.8 Å². The Morgan fingerprint density at radius 1 is 1.07 bits per heavy atom. The van der Waals surface area contributed by atoms with Gasteiger partial charge in [0.15, 0.2) is 11.3 Å². The zero-order valence-electron chi connectivity index (χ0n) is 15.4. The molecule has 28 heavy (non-hydrogen) atoms. The molecule has 2 heterocycles. The van der Waals surface area contributed by atoms with Gasteiger partial charge < -0.3 is 14.2 Å². The summed E-state index contributed by atoms with van der Waals surface area (Å²) in [7, 11) is 4.04. The van der Waals surface area contributed by atoms with Gasteiger partial charge in [0, 0.05) is 11.6 Å². The first-order chi connectivity index (χ1) is 13.5. The number of ether oxygens (including phenoxy) is 3. The largest absolute Gasteiger partial charge is 0.469 e. The quantitative estimate of drug-likeness (QED) is 0.528. The number of carbonyl (C=O) groups excluding carboxylic acids is 2. The van der Waals surface area contributed by atoms with E-state index >= 15 is 0 Å². The average molecular weight is 449 g/mol. The average Bonchev–Trinajstić information content (AvgIpc) is 3.07. The standard InChI is InChI=1S/C18H17BrN4O5/c1-26-9-12-15(10-4-6-11(19)7-5-10)17-21-20-16(18(25)28-3)13(23(17)22-12)8-14(24)27-2/h4-7H,8-9H2,1-3H3. The molecule has 0 N–H and O–H groups in total. The Kier molecular flexibility index (Phi) is 6.00. The lowest BCUT2D eigenvalue weighted by Crippen LogP contribution is -2.19. The number of methoxy groups -OCH3 is 3. The highest BCUT2D eigenvalue weighted by atomic mass is 79.9. The molecule has 0 unspecified atom stereocenters. The molecule has 0 fully saturated rings. The lowest BCUT2D eigenvalue weighted by atomic mass is 10.1. The van der Waals surface area contributed by atoms with Crippen LogP contribution in [0.15, 0.2) is 28.7 Å². The summed E-state index contributed by atoms with van der Waals surface area (Å²) in [4.78, 5) is 24.0. The van der Waals surface area contributed by atoms with Crippen LogP contribution in [0.2, 0.25) is 0 Å². The Morgan fingerprint density at radius 3 is 2.39 bits per heavy atom. The van der Waals surface area contributed by atoms with Gasteiger partial charge in [0.05, 0.1) is 44.2 Å². The van der Waals surface area contributed by atoms with Crippen molar-refractivity contribution in [3.63, 3.8) is 0 Å². The molecule has 3 rings (SSSR count). The molecule has 1 aromatic carbocycles. The number of aromatic nitrogens is 4. The molecule has 9 nitrogen and oxygen atoms in total. The lowest BCUT2D eigenvalue weighted by molar-refractivity contribution is -0.139. The molecule has 0 aliphatic heterocycles. The SMILES string of the molecule is COCc1nn2c(CC(=O)OC)c(C(=O)OC)nnc2c1-c1ccc(Br)cc1. The summed E-state index contributed by atoms with van der Waals surface area (Å²) in [5, 5.41) is 12.7. The van der Waals surface area contributed by atoms with Gasteiger partial charge in [-0.15, -0.1) is 10.2 Å². The first-order valence-electron chi connectivity index (χ1n) is 8.17. The second-order valence-electron chi connectivity index (χ2n) is 5.74. The molecular formula is C18H17BrN4O5. The zero-order chi connectivity index (χ0) is 20.3. The van der Waals surface area contributed by atoms with Crippen LogP contribution in [-0.4, -0.2) is 53.1 Å². The highest BCUT2D eigenvalue weighted by molar-refractivity contribution is 9.10. The second kappa shape index (κ2) is 8.44. The summed E-state index contributed by atoms with van der Waals surface area (Å²) in [6.07, 6.45) is -0.221. The third-order valence-electron chi connectivity index (χ3n) is 4.04. The van der Waals surface area contributed by atoms with Crippen molar-refractivity contribution in [1.29, 1.82) is 0 Å². The fraction of sp³-hybridized carbons (Fsp3) is 0.278. The van der Waals surface area contributed by atoms with E-state index in [1.807, 2.05) is 24.3 Å². The van der Waals surface area contributed by atoms with Crippen LogP contribution in [0.1, 0.15) is 21.9 Å². The zero-order valence-corrected chi connectivity index (χ0v) is 17.0. The molecule has 0 bridgehead atoms. The van der Waals surface area contributed by atoms with E-state index in [4.69, 9.17) is 14.2 Å². The van der Waals surface area contributed by atoms with E-state index in [1.165, 1.54) is 18.7 Å². The maximum absolute atomic E-state index is 12.1. The van der Waals surface area contributed by atoms with Crippen LogP contribution in [0.5, 0.6) is 0 Å². The molecule has 0 saturated heterocycles. The number of rotatable bonds is 6. The van der Waals surface area contributed by atoms with Gasteiger partial charge in [-0.2, -0.15) is 5.10 Å². The number of fused-ring (bicyclic) bond motifs is 1. The van der Waals surface area contributed by atoms with Crippen molar-refractivity contribution in [2.24, 2.45) is 0 Å². The van der Waals surface area contributed by atoms with Gasteiger partial charge in [0.25, 0.3) is 0 Å². The normalized spacial score (nSPS) is 10.9. The van der Waals surface area contributed by atoms with Crippen LogP contribution in [0.4, 0.5) is 0 Å². The molecule has 0 aliphatic rings. The third-order valence-corrected chi connectivity index (χ3v) is 4.57. The van der Waals surface area contributed by atoms with Gasteiger partial charge in [-0.25, -0.2) is 9.31 Å². The maximum Gasteiger partial charge on any atom is 0.360 e. The third kappa shape index (κ3) is 3.73. The Bertz CT molecular complexity index is 1030. The van der Waals surface area contributed by atoms with Crippen LogP contribution in [0.3, 0.4) is 0 Å². The van der Waals surface area contributed by atoms with Crippen molar-refractivity contribution >= 4 is 33.5 Å². The highest BCUT2D eigenvalue weighted by Gasteiger charge is 2.25. The topological polar surface area (TPSA) is 105 Å². The number of esters is 2. The molecule has 2 aromatic heterocycles. The van der Waals surface area contributed by atoms with Crippen LogP contribution in [0, 0.1) is 0 Å². The Morgan fingerprint density at radius 2 is 1.79 bits per heavy atom. The summed E-state index contributed by atoms with van der Waals surface area (Å²) < 4.78 is 17.1. The molecule has 10 heteroatoms. The maximum atomic E-state index is 12.1. The minimum Gasteiger partial charge on any atom is -0.469 e. The Hall–Kier alpha value is -2.85. The molecule has 3 aromatic rings. The van der Waals surface area contributed by atoms with Crippen molar-refractivity contribution in [3.05, 3.63) is 45.8 Å². The molecule has 146 valence electrons. The first-order valence-corrected chi connectivity index (χ1v) is 8.96. The molecule has 0 spiro atoms. The minimum absolute atomic E-state index is 0.103. The Balaban J connectivity index is 2.30. The number of carbonyl (C=O) groups is 2.